The summed E-state index contributed by atoms with van der Waals surface area (Å²) in [4.78, 5) is 20.6. The van der Waals surface area contributed by atoms with Crippen molar-refractivity contribution in [3.05, 3.63) is 41.2 Å². The molecular weight excluding hydrogens is 353 g/mol. The number of hydrogen-bond donors (Lipinski definition) is 0. The lowest BCUT2D eigenvalue weighted by Crippen LogP contribution is -2.48. The van der Waals surface area contributed by atoms with Gasteiger partial charge in [-0.1, -0.05) is 6.92 Å². The van der Waals surface area contributed by atoms with Crippen LogP contribution in [0.2, 0.25) is 0 Å². The van der Waals surface area contributed by atoms with Gasteiger partial charge in [-0.25, -0.2) is 4.98 Å². The number of nitrogens with zero attached hydrogens (tertiary/aromatic N) is 4. The molecular formula is C16H17F3N4OS. The first-order valence-electron chi connectivity index (χ1n) is 7.92. The number of anilines is 1. The first-order valence-corrected chi connectivity index (χ1v) is 8.70. The van der Waals surface area contributed by atoms with E-state index in [2.05, 4.69) is 14.3 Å². The highest BCUT2D eigenvalue weighted by Gasteiger charge is 2.31. The molecule has 1 amide bonds. The van der Waals surface area contributed by atoms with Gasteiger partial charge in [0.05, 0.1) is 5.56 Å². The molecule has 1 aliphatic rings. The zero-order valence-electron chi connectivity index (χ0n) is 13.6. The lowest BCUT2D eigenvalue weighted by atomic mass is 10.1. The van der Waals surface area contributed by atoms with E-state index < -0.39 is 11.7 Å². The number of piperazine rings is 1. The number of carbonyl (C=O) groups is 1. The average Bonchev–Trinajstić information content (AvgIpc) is 3.10. The van der Waals surface area contributed by atoms with E-state index in [4.69, 9.17) is 0 Å². The molecule has 2 aromatic rings. The third-order valence-corrected chi connectivity index (χ3v) is 4.88. The highest BCUT2D eigenvalue weighted by molar-refractivity contribution is 7.09. The highest BCUT2D eigenvalue weighted by Crippen LogP contribution is 2.29. The summed E-state index contributed by atoms with van der Waals surface area (Å²) in [5, 5.41) is 0.846. The van der Waals surface area contributed by atoms with Crippen LogP contribution in [-0.4, -0.2) is 46.3 Å². The number of carbonyl (C=O) groups excluding carboxylic acids is 1. The number of benzene rings is 1. The van der Waals surface area contributed by atoms with E-state index in [1.54, 1.807) is 4.90 Å². The minimum atomic E-state index is -4.40. The largest absolute Gasteiger partial charge is 0.416 e. The average molecular weight is 370 g/mol. The molecule has 1 aliphatic heterocycles. The van der Waals surface area contributed by atoms with Crippen molar-refractivity contribution in [3.63, 3.8) is 0 Å². The molecule has 1 saturated heterocycles. The van der Waals surface area contributed by atoms with Gasteiger partial charge in [0.2, 0.25) is 5.13 Å². The lowest BCUT2D eigenvalue weighted by molar-refractivity contribution is -0.137. The Bertz CT molecular complexity index is 737. The monoisotopic (exact) mass is 370 g/mol. The van der Waals surface area contributed by atoms with Crippen molar-refractivity contribution in [2.75, 3.05) is 31.1 Å². The molecule has 134 valence electrons. The Morgan fingerprint density at radius 3 is 2.32 bits per heavy atom. The van der Waals surface area contributed by atoms with E-state index >= 15 is 0 Å². The van der Waals surface area contributed by atoms with Crippen molar-refractivity contribution in [3.8, 4) is 0 Å². The number of alkyl halides is 3. The van der Waals surface area contributed by atoms with Gasteiger partial charge in [-0.3, -0.25) is 4.79 Å². The molecule has 9 heteroatoms. The maximum absolute atomic E-state index is 12.6. The minimum Gasteiger partial charge on any atom is -0.343 e. The van der Waals surface area contributed by atoms with E-state index in [0.29, 0.717) is 26.2 Å². The second kappa shape index (κ2) is 6.99. The van der Waals surface area contributed by atoms with Gasteiger partial charge in [-0.15, -0.1) is 0 Å². The summed E-state index contributed by atoms with van der Waals surface area (Å²) >= 11 is 1.35. The summed E-state index contributed by atoms with van der Waals surface area (Å²) in [5.41, 5.74) is -0.484. The Kier molecular flexibility index (Phi) is 4.94. The van der Waals surface area contributed by atoms with Gasteiger partial charge < -0.3 is 9.80 Å². The van der Waals surface area contributed by atoms with Crippen LogP contribution in [0.25, 0.3) is 0 Å². The van der Waals surface area contributed by atoms with Crippen LogP contribution in [-0.2, 0) is 12.6 Å². The molecule has 2 heterocycles. The van der Waals surface area contributed by atoms with E-state index in [1.165, 1.54) is 23.7 Å². The summed E-state index contributed by atoms with van der Waals surface area (Å²) in [5.74, 6) is 0.558. The molecule has 5 nitrogen and oxygen atoms in total. The number of aryl methyl sites for hydroxylation is 1. The summed E-state index contributed by atoms with van der Waals surface area (Å²) in [6, 6.07) is 4.35. The standard InChI is InChI=1S/C16H17F3N4OS/c1-2-13-20-15(25-21-13)23-9-7-22(8-10-23)14(24)11-3-5-12(6-4-11)16(17,18)19/h3-6H,2,7-10H2,1H3. The van der Waals surface area contributed by atoms with Crippen LogP contribution in [0.5, 0.6) is 0 Å². The van der Waals surface area contributed by atoms with Crippen molar-refractivity contribution < 1.29 is 18.0 Å². The number of halogens is 3. The Hall–Kier alpha value is -2.16. The number of hydrogen-bond acceptors (Lipinski definition) is 5. The Morgan fingerprint density at radius 1 is 1.16 bits per heavy atom. The van der Waals surface area contributed by atoms with Gasteiger partial charge in [-0.2, -0.15) is 17.5 Å². The molecule has 0 N–H and O–H groups in total. The van der Waals surface area contributed by atoms with Gasteiger partial charge in [-0.05, 0) is 24.3 Å². The van der Waals surface area contributed by atoms with Crippen molar-refractivity contribution in [1.29, 1.82) is 0 Å². The van der Waals surface area contributed by atoms with E-state index in [9.17, 15) is 18.0 Å². The summed E-state index contributed by atoms with van der Waals surface area (Å²) < 4.78 is 42.0. The fraction of sp³-hybridized carbons (Fsp3) is 0.438. The molecule has 1 fully saturated rings. The van der Waals surface area contributed by atoms with Gasteiger partial charge in [0.15, 0.2) is 0 Å². The van der Waals surface area contributed by atoms with Gasteiger partial charge in [0, 0.05) is 49.7 Å². The fourth-order valence-corrected chi connectivity index (χ4v) is 3.40. The molecule has 0 spiro atoms. The predicted molar refractivity (Wildman–Crippen MR) is 88.8 cm³/mol. The minimum absolute atomic E-state index is 0.250. The van der Waals surface area contributed by atoms with Crippen molar-refractivity contribution >= 4 is 22.6 Å². The van der Waals surface area contributed by atoms with Crippen LogP contribution in [0, 0.1) is 0 Å². The summed E-state index contributed by atoms with van der Waals surface area (Å²) in [6.45, 7) is 4.25. The molecule has 0 saturated carbocycles. The van der Waals surface area contributed by atoms with Crippen molar-refractivity contribution in [2.24, 2.45) is 0 Å². The zero-order valence-corrected chi connectivity index (χ0v) is 14.4. The molecule has 0 unspecified atom stereocenters. The Balaban J connectivity index is 1.61. The summed E-state index contributed by atoms with van der Waals surface area (Å²) in [6.07, 6.45) is -3.62. The fourth-order valence-electron chi connectivity index (χ4n) is 2.60. The van der Waals surface area contributed by atoms with Crippen LogP contribution < -0.4 is 4.90 Å². The van der Waals surface area contributed by atoms with Crippen LogP contribution in [0.3, 0.4) is 0 Å². The van der Waals surface area contributed by atoms with Crippen LogP contribution >= 0.6 is 11.5 Å². The quantitative estimate of drug-likeness (QED) is 0.833. The normalized spacial score (nSPS) is 15.5. The van der Waals surface area contributed by atoms with E-state index in [-0.39, 0.29) is 11.5 Å². The maximum Gasteiger partial charge on any atom is 0.416 e. The first-order chi connectivity index (χ1) is 11.9. The molecule has 25 heavy (non-hydrogen) atoms. The second-order valence-corrected chi connectivity index (χ2v) is 6.43. The molecule has 0 bridgehead atoms. The molecule has 0 aliphatic carbocycles. The predicted octanol–water partition coefficient (Wildman–Crippen LogP) is 3.08. The lowest BCUT2D eigenvalue weighted by Gasteiger charge is -2.34. The molecule has 3 rings (SSSR count). The number of rotatable bonds is 3. The van der Waals surface area contributed by atoms with Crippen molar-refractivity contribution in [1.82, 2.24) is 14.3 Å². The number of amides is 1. The zero-order chi connectivity index (χ0) is 18.0. The SMILES string of the molecule is CCc1nsc(N2CCN(C(=O)c3ccc(C(F)(F)F)cc3)CC2)n1. The smallest absolute Gasteiger partial charge is 0.343 e. The van der Waals surface area contributed by atoms with Gasteiger partial charge in [0.1, 0.15) is 5.82 Å². The Morgan fingerprint density at radius 2 is 1.80 bits per heavy atom. The third-order valence-electron chi connectivity index (χ3n) is 4.07. The van der Waals surface area contributed by atoms with Gasteiger partial charge in [0.25, 0.3) is 5.91 Å². The van der Waals surface area contributed by atoms with Crippen LogP contribution in [0.15, 0.2) is 24.3 Å². The molecule has 0 atom stereocenters. The third kappa shape index (κ3) is 3.92. The molecule has 0 radical (unpaired) electrons. The van der Waals surface area contributed by atoms with Crippen LogP contribution in [0.1, 0.15) is 28.7 Å². The van der Waals surface area contributed by atoms with E-state index in [1.807, 2.05) is 6.92 Å². The Labute approximate surface area is 147 Å². The maximum atomic E-state index is 12.6. The van der Waals surface area contributed by atoms with Crippen molar-refractivity contribution in [2.45, 2.75) is 19.5 Å². The van der Waals surface area contributed by atoms with Gasteiger partial charge >= 0.3 is 6.18 Å². The highest BCUT2D eigenvalue weighted by atomic mass is 32.1. The first kappa shape index (κ1) is 17.7. The summed E-state index contributed by atoms with van der Waals surface area (Å²) in [7, 11) is 0. The topological polar surface area (TPSA) is 49.3 Å². The van der Waals surface area contributed by atoms with Crippen LogP contribution in [0.4, 0.5) is 18.3 Å². The number of aromatic nitrogens is 2. The second-order valence-electron chi connectivity index (χ2n) is 5.70. The molecule has 1 aromatic heterocycles. The molecule has 1 aromatic carbocycles. The van der Waals surface area contributed by atoms with E-state index in [0.717, 1.165) is 29.5 Å².